The minimum Gasteiger partial charge on any atom is -0.457 e. The van der Waals surface area contributed by atoms with Crippen molar-refractivity contribution in [1.29, 1.82) is 0 Å². The number of hydrogen-bond acceptors (Lipinski definition) is 3. The summed E-state index contributed by atoms with van der Waals surface area (Å²) in [5, 5.41) is 2.92. The second-order valence-corrected chi connectivity index (χ2v) is 6.33. The van der Waals surface area contributed by atoms with E-state index < -0.39 is 0 Å². The maximum Gasteiger partial charge on any atom is 0.257 e. The Kier molecular flexibility index (Phi) is 5.87. The number of benzene rings is 2. The van der Waals surface area contributed by atoms with Crippen molar-refractivity contribution in [2.45, 2.75) is 33.6 Å². The first-order chi connectivity index (χ1) is 13.1. The highest BCUT2D eigenvalue weighted by Crippen LogP contribution is 2.26. The van der Waals surface area contributed by atoms with E-state index in [1.54, 1.807) is 0 Å². The summed E-state index contributed by atoms with van der Waals surface area (Å²) >= 11 is 0. The van der Waals surface area contributed by atoms with Crippen LogP contribution in [0.25, 0.3) is 0 Å². The van der Waals surface area contributed by atoms with Gasteiger partial charge in [0.25, 0.3) is 5.91 Å². The van der Waals surface area contributed by atoms with Gasteiger partial charge in [0.1, 0.15) is 11.5 Å². The molecular formula is C23H24N2O2. The standard InChI is InChI=1S/C23H24N2O2/c1-4-17-8-6-7-9-22(17)27-20-13-10-19(11-14-20)25-23(26)21-15-12-18(5-2)24-16(21)3/h6-15H,4-5H2,1-3H3,(H,25,26). The highest BCUT2D eigenvalue weighted by Gasteiger charge is 2.11. The Labute approximate surface area is 160 Å². The SMILES string of the molecule is CCc1ccc(C(=O)Nc2ccc(Oc3ccccc3CC)cc2)c(C)n1. The first-order valence-electron chi connectivity index (χ1n) is 9.24. The average molecular weight is 360 g/mol. The van der Waals surface area contributed by atoms with Crippen LogP contribution in [0.2, 0.25) is 0 Å². The van der Waals surface area contributed by atoms with Gasteiger partial charge in [-0.05, 0) is 67.8 Å². The Hall–Kier alpha value is -3.14. The van der Waals surface area contributed by atoms with E-state index in [4.69, 9.17) is 4.74 Å². The van der Waals surface area contributed by atoms with E-state index in [2.05, 4.69) is 23.3 Å². The quantitative estimate of drug-likeness (QED) is 0.626. The molecule has 3 rings (SSSR count). The molecule has 0 aliphatic rings. The molecule has 2 aromatic carbocycles. The van der Waals surface area contributed by atoms with E-state index >= 15 is 0 Å². The summed E-state index contributed by atoms with van der Waals surface area (Å²) in [4.78, 5) is 17.0. The molecule has 0 fully saturated rings. The van der Waals surface area contributed by atoms with E-state index in [1.165, 1.54) is 0 Å². The molecule has 138 valence electrons. The number of para-hydroxylation sites is 1. The van der Waals surface area contributed by atoms with Gasteiger partial charge in [-0.2, -0.15) is 0 Å². The van der Waals surface area contributed by atoms with Crippen LogP contribution in [0, 0.1) is 6.92 Å². The number of aryl methyl sites for hydroxylation is 3. The van der Waals surface area contributed by atoms with Gasteiger partial charge in [-0.3, -0.25) is 9.78 Å². The number of amides is 1. The van der Waals surface area contributed by atoms with Gasteiger partial charge in [0.15, 0.2) is 0 Å². The molecule has 0 bridgehead atoms. The third-order valence-electron chi connectivity index (χ3n) is 4.44. The minimum atomic E-state index is -0.160. The second kappa shape index (κ2) is 8.49. The maximum absolute atomic E-state index is 12.5. The van der Waals surface area contributed by atoms with Crippen LogP contribution < -0.4 is 10.1 Å². The summed E-state index contributed by atoms with van der Waals surface area (Å²) in [6.45, 7) is 6.00. The number of hydrogen-bond donors (Lipinski definition) is 1. The Morgan fingerprint density at radius 3 is 2.37 bits per heavy atom. The normalized spacial score (nSPS) is 10.5. The fourth-order valence-electron chi connectivity index (χ4n) is 2.88. The summed E-state index contributed by atoms with van der Waals surface area (Å²) in [5.74, 6) is 1.43. The van der Waals surface area contributed by atoms with Gasteiger partial charge >= 0.3 is 0 Å². The zero-order valence-electron chi connectivity index (χ0n) is 16.0. The largest absolute Gasteiger partial charge is 0.457 e. The predicted octanol–water partition coefficient (Wildman–Crippen LogP) is 5.56. The molecule has 0 aliphatic heterocycles. The van der Waals surface area contributed by atoms with Crippen LogP contribution in [0.5, 0.6) is 11.5 Å². The van der Waals surface area contributed by atoms with Crippen molar-refractivity contribution in [3.8, 4) is 11.5 Å². The lowest BCUT2D eigenvalue weighted by atomic mass is 10.1. The monoisotopic (exact) mass is 360 g/mol. The number of pyridine rings is 1. The molecule has 0 unspecified atom stereocenters. The van der Waals surface area contributed by atoms with E-state index in [-0.39, 0.29) is 5.91 Å². The average Bonchev–Trinajstić information content (AvgIpc) is 2.69. The number of rotatable bonds is 6. The van der Waals surface area contributed by atoms with Crippen molar-refractivity contribution in [2.75, 3.05) is 5.32 Å². The molecule has 1 aromatic heterocycles. The van der Waals surface area contributed by atoms with E-state index in [9.17, 15) is 4.79 Å². The van der Waals surface area contributed by atoms with Gasteiger partial charge < -0.3 is 10.1 Å². The summed E-state index contributed by atoms with van der Waals surface area (Å²) in [6.07, 6.45) is 1.76. The molecule has 4 heteroatoms. The molecule has 0 saturated carbocycles. The van der Waals surface area contributed by atoms with Gasteiger partial charge in [0, 0.05) is 11.4 Å². The van der Waals surface area contributed by atoms with Crippen LogP contribution in [0.1, 0.15) is 41.2 Å². The van der Waals surface area contributed by atoms with Crippen LogP contribution in [0.3, 0.4) is 0 Å². The molecule has 0 atom stereocenters. The molecule has 1 heterocycles. The highest BCUT2D eigenvalue weighted by molar-refractivity contribution is 6.05. The molecule has 0 spiro atoms. The summed E-state index contributed by atoms with van der Waals surface area (Å²) in [5.41, 5.74) is 4.19. The van der Waals surface area contributed by atoms with Gasteiger partial charge in [-0.15, -0.1) is 0 Å². The van der Waals surface area contributed by atoms with Crippen LogP contribution in [-0.4, -0.2) is 10.9 Å². The lowest BCUT2D eigenvalue weighted by Crippen LogP contribution is -2.14. The van der Waals surface area contributed by atoms with Crippen molar-refractivity contribution in [3.63, 3.8) is 0 Å². The zero-order chi connectivity index (χ0) is 19.2. The van der Waals surface area contributed by atoms with E-state index in [1.807, 2.05) is 68.4 Å². The van der Waals surface area contributed by atoms with Gasteiger partial charge in [0.2, 0.25) is 0 Å². The van der Waals surface area contributed by atoms with E-state index in [0.29, 0.717) is 5.56 Å². The van der Waals surface area contributed by atoms with E-state index in [0.717, 1.165) is 47.0 Å². The summed E-state index contributed by atoms with van der Waals surface area (Å²) in [6, 6.07) is 19.1. The molecular weight excluding hydrogens is 336 g/mol. The predicted molar refractivity (Wildman–Crippen MR) is 109 cm³/mol. The molecule has 0 radical (unpaired) electrons. The van der Waals surface area contributed by atoms with Crippen LogP contribution in [0.15, 0.2) is 60.7 Å². The Morgan fingerprint density at radius 2 is 1.70 bits per heavy atom. The number of aromatic nitrogens is 1. The molecule has 27 heavy (non-hydrogen) atoms. The molecule has 4 nitrogen and oxygen atoms in total. The number of carbonyl (C=O) groups excluding carboxylic acids is 1. The number of nitrogens with zero attached hydrogens (tertiary/aromatic N) is 1. The van der Waals surface area contributed by atoms with Gasteiger partial charge in [-0.1, -0.05) is 32.0 Å². The number of carbonyl (C=O) groups is 1. The van der Waals surface area contributed by atoms with Gasteiger partial charge in [-0.25, -0.2) is 0 Å². The lowest BCUT2D eigenvalue weighted by Gasteiger charge is -2.11. The summed E-state index contributed by atoms with van der Waals surface area (Å²) in [7, 11) is 0. The molecule has 0 saturated heterocycles. The Bertz CT molecular complexity index is 933. The fourth-order valence-corrected chi connectivity index (χ4v) is 2.88. The van der Waals surface area contributed by atoms with Crippen molar-refractivity contribution < 1.29 is 9.53 Å². The molecule has 1 N–H and O–H groups in total. The van der Waals surface area contributed by atoms with Crippen molar-refractivity contribution in [2.24, 2.45) is 0 Å². The third kappa shape index (κ3) is 4.53. The van der Waals surface area contributed by atoms with Crippen LogP contribution in [-0.2, 0) is 12.8 Å². The fraction of sp³-hybridized carbons (Fsp3) is 0.217. The smallest absolute Gasteiger partial charge is 0.257 e. The van der Waals surface area contributed by atoms with Crippen molar-refractivity contribution in [1.82, 2.24) is 4.98 Å². The van der Waals surface area contributed by atoms with Crippen LogP contribution in [0.4, 0.5) is 5.69 Å². The van der Waals surface area contributed by atoms with Gasteiger partial charge in [0.05, 0.1) is 11.3 Å². The first kappa shape index (κ1) is 18.6. The first-order valence-corrected chi connectivity index (χ1v) is 9.24. The number of nitrogens with one attached hydrogen (secondary N) is 1. The third-order valence-corrected chi connectivity index (χ3v) is 4.44. The Balaban J connectivity index is 1.69. The molecule has 3 aromatic rings. The second-order valence-electron chi connectivity index (χ2n) is 6.33. The molecule has 0 aliphatic carbocycles. The van der Waals surface area contributed by atoms with Crippen molar-refractivity contribution in [3.05, 3.63) is 83.2 Å². The number of anilines is 1. The lowest BCUT2D eigenvalue weighted by molar-refractivity contribution is 0.102. The molecule has 1 amide bonds. The maximum atomic E-state index is 12.5. The zero-order valence-corrected chi connectivity index (χ0v) is 16.0. The summed E-state index contributed by atoms with van der Waals surface area (Å²) < 4.78 is 5.97. The Morgan fingerprint density at radius 1 is 0.963 bits per heavy atom. The topological polar surface area (TPSA) is 51.2 Å². The van der Waals surface area contributed by atoms with Crippen LogP contribution >= 0.6 is 0 Å². The van der Waals surface area contributed by atoms with Crippen molar-refractivity contribution >= 4 is 11.6 Å². The minimum absolute atomic E-state index is 0.160. The highest BCUT2D eigenvalue weighted by atomic mass is 16.5. The number of ether oxygens (including phenoxy) is 1.